The third-order valence-electron chi connectivity index (χ3n) is 2.68. The predicted molar refractivity (Wildman–Crippen MR) is 88.1 cm³/mol. The molecule has 1 aromatic heterocycles. The Hall–Kier alpha value is -3.01. The van der Waals surface area contributed by atoms with Crippen molar-refractivity contribution in [1.82, 2.24) is 15.4 Å². The molecular weight excluding hydrogens is 334 g/mol. The summed E-state index contributed by atoms with van der Waals surface area (Å²) in [6.07, 6.45) is 4.48. The quantitative estimate of drug-likeness (QED) is 0.266. The largest absolute Gasteiger partial charge is 0.490 e. The van der Waals surface area contributed by atoms with E-state index in [0.717, 1.165) is 0 Å². The standard InChI is InChI=1S/C14H13N5O4S/c1-23-12-4-3-10(7-11(12)19(21)22)8-17-18-13(20)9-24-14-15-5-2-6-16-14/h2-8H,9H2,1H3,(H,18,20). The number of hydrazone groups is 1. The maximum Gasteiger partial charge on any atom is 0.311 e. The van der Waals surface area contributed by atoms with Gasteiger partial charge in [-0.15, -0.1) is 0 Å². The maximum absolute atomic E-state index is 11.7. The van der Waals surface area contributed by atoms with Crippen molar-refractivity contribution in [3.63, 3.8) is 0 Å². The smallest absolute Gasteiger partial charge is 0.311 e. The number of nitro benzene ring substituents is 1. The van der Waals surface area contributed by atoms with E-state index in [1.807, 2.05) is 0 Å². The first-order valence-electron chi connectivity index (χ1n) is 6.64. The van der Waals surface area contributed by atoms with Gasteiger partial charge in [-0.1, -0.05) is 11.8 Å². The molecule has 1 aromatic carbocycles. The highest BCUT2D eigenvalue weighted by Crippen LogP contribution is 2.26. The van der Waals surface area contributed by atoms with Crippen LogP contribution in [0.1, 0.15) is 5.56 Å². The number of hydrogen-bond donors (Lipinski definition) is 1. The number of nitro groups is 1. The molecule has 1 heterocycles. The van der Waals surface area contributed by atoms with Crippen LogP contribution in [-0.4, -0.2) is 39.9 Å². The molecule has 2 rings (SSSR count). The van der Waals surface area contributed by atoms with E-state index in [-0.39, 0.29) is 23.1 Å². The van der Waals surface area contributed by atoms with Crippen LogP contribution in [0.3, 0.4) is 0 Å². The summed E-state index contributed by atoms with van der Waals surface area (Å²) < 4.78 is 4.91. The van der Waals surface area contributed by atoms with Crippen molar-refractivity contribution in [3.8, 4) is 5.75 Å². The zero-order chi connectivity index (χ0) is 17.4. The topological polar surface area (TPSA) is 120 Å². The average Bonchev–Trinajstić information content (AvgIpc) is 2.60. The number of nitrogens with one attached hydrogen (secondary N) is 1. The van der Waals surface area contributed by atoms with E-state index in [1.165, 1.54) is 37.2 Å². The Balaban J connectivity index is 1.90. The Morgan fingerprint density at radius 2 is 2.21 bits per heavy atom. The van der Waals surface area contributed by atoms with Crippen molar-refractivity contribution in [2.45, 2.75) is 5.16 Å². The Bertz CT molecular complexity index is 754. The molecule has 0 aliphatic rings. The van der Waals surface area contributed by atoms with Crippen LogP contribution in [0.4, 0.5) is 5.69 Å². The van der Waals surface area contributed by atoms with Crippen LogP contribution < -0.4 is 10.2 Å². The summed E-state index contributed by atoms with van der Waals surface area (Å²) in [6, 6.07) is 6.04. The molecule has 24 heavy (non-hydrogen) atoms. The van der Waals surface area contributed by atoms with E-state index < -0.39 is 4.92 Å². The minimum absolute atomic E-state index is 0.101. The van der Waals surface area contributed by atoms with E-state index in [4.69, 9.17) is 4.74 Å². The molecule has 0 unspecified atom stereocenters. The maximum atomic E-state index is 11.7. The second-order valence-electron chi connectivity index (χ2n) is 4.30. The van der Waals surface area contributed by atoms with Crippen LogP contribution in [0.5, 0.6) is 5.75 Å². The van der Waals surface area contributed by atoms with Crippen LogP contribution in [-0.2, 0) is 4.79 Å². The van der Waals surface area contributed by atoms with Crippen LogP contribution in [0.25, 0.3) is 0 Å². The molecule has 1 N–H and O–H groups in total. The first kappa shape index (κ1) is 17.3. The lowest BCUT2D eigenvalue weighted by atomic mass is 10.2. The summed E-state index contributed by atoms with van der Waals surface area (Å²) in [7, 11) is 1.35. The number of amides is 1. The summed E-state index contributed by atoms with van der Waals surface area (Å²) in [5, 5.41) is 15.2. The molecule has 0 bridgehead atoms. The highest BCUT2D eigenvalue weighted by atomic mass is 32.2. The molecule has 0 fully saturated rings. The molecular formula is C14H13N5O4S. The van der Waals surface area contributed by atoms with Crippen LogP contribution >= 0.6 is 11.8 Å². The van der Waals surface area contributed by atoms with Crippen LogP contribution in [0.2, 0.25) is 0 Å². The van der Waals surface area contributed by atoms with Gasteiger partial charge in [-0.25, -0.2) is 15.4 Å². The minimum atomic E-state index is -0.550. The summed E-state index contributed by atoms with van der Waals surface area (Å²) in [6.45, 7) is 0. The predicted octanol–water partition coefficient (Wildman–Crippen LogP) is 1.64. The van der Waals surface area contributed by atoms with Gasteiger partial charge in [0.05, 0.1) is 24.0 Å². The summed E-state index contributed by atoms with van der Waals surface area (Å²) in [5.41, 5.74) is 2.62. The zero-order valence-corrected chi connectivity index (χ0v) is 13.4. The van der Waals surface area contributed by atoms with E-state index in [2.05, 4.69) is 20.5 Å². The Morgan fingerprint density at radius 1 is 1.46 bits per heavy atom. The van der Waals surface area contributed by atoms with Gasteiger partial charge < -0.3 is 4.74 Å². The number of nitrogens with zero attached hydrogens (tertiary/aromatic N) is 4. The van der Waals surface area contributed by atoms with E-state index in [9.17, 15) is 14.9 Å². The number of rotatable bonds is 7. The molecule has 0 saturated heterocycles. The molecule has 10 heteroatoms. The molecule has 0 spiro atoms. The number of thioether (sulfide) groups is 1. The van der Waals surface area contributed by atoms with Crippen molar-refractivity contribution in [3.05, 3.63) is 52.3 Å². The normalized spacial score (nSPS) is 10.5. The lowest BCUT2D eigenvalue weighted by Crippen LogP contribution is -2.19. The average molecular weight is 347 g/mol. The molecule has 0 saturated carbocycles. The lowest BCUT2D eigenvalue weighted by Gasteiger charge is -2.02. The van der Waals surface area contributed by atoms with Gasteiger partial charge >= 0.3 is 5.69 Å². The molecule has 0 atom stereocenters. The minimum Gasteiger partial charge on any atom is -0.490 e. The number of hydrogen-bond acceptors (Lipinski definition) is 8. The van der Waals surface area contributed by atoms with Gasteiger partial charge in [-0.3, -0.25) is 14.9 Å². The van der Waals surface area contributed by atoms with Crippen molar-refractivity contribution >= 4 is 29.6 Å². The number of methoxy groups -OCH3 is 1. The number of ether oxygens (including phenoxy) is 1. The van der Waals surface area contributed by atoms with Gasteiger partial charge in [0, 0.05) is 24.0 Å². The Morgan fingerprint density at radius 3 is 2.88 bits per heavy atom. The second-order valence-corrected chi connectivity index (χ2v) is 5.24. The van der Waals surface area contributed by atoms with Crippen molar-refractivity contribution < 1.29 is 14.5 Å². The van der Waals surface area contributed by atoms with Crippen molar-refractivity contribution in [2.24, 2.45) is 5.10 Å². The molecule has 0 aliphatic carbocycles. The number of aromatic nitrogens is 2. The third-order valence-corrected chi connectivity index (χ3v) is 3.55. The first-order chi connectivity index (χ1) is 11.6. The number of benzene rings is 1. The highest BCUT2D eigenvalue weighted by molar-refractivity contribution is 7.99. The fraction of sp³-hybridized carbons (Fsp3) is 0.143. The van der Waals surface area contributed by atoms with Crippen molar-refractivity contribution in [2.75, 3.05) is 12.9 Å². The molecule has 1 amide bonds. The summed E-state index contributed by atoms with van der Waals surface area (Å²) >= 11 is 1.17. The SMILES string of the molecule is COc1ccc(C=NNC(=O)CSc2ncccn2)cc1[N+](=O)[O-]. The zero-order valence-electron chi connectivity index (χ0n) is 12.6. The number of carbonyl (C=O) groups excluding carboxylic acids is 1. The molecule has 0 aliphatic heterocycles. The Labute approximate surface area is 141 Å². The second kappa shape index (κ2) is 8.58. The van der Waals surface area contributed by atoms with Crippen molar-refractivity contribution in [1.29, 1.82) is 0 Å². The van der Waals surface area contributed by atoms with E-state index in [1.54, 1.807) is 24.5 Å². The van der Waals surface area contributed by atoms with Crippen LogP contribution in [0.15, 0.2) is 46.9 Å². The fourth-order valence-electron chi connectivity index (χ4n) is 1.63. The molecule has 2 aromatic rings. The first-order valence-corrected chi connectivity index (χ1v) is 7.63. The summed E-state index contributed by atoms with van der Waals surface area (Å²) in [5.74, 6) is -0.0865. The monoisotopic (exact) mass is 347 g/mol. The molecule has 124 valence electrons. The van der Waals surface area contributed by atoms with Gasteiger partial charge in [0.25, 0.3) is 5.91 Å². The van der Waals surface area contributed by atoms with Gasteiger partial charge in [0.1, 0.15) is 0 Å². The van der Waals surface area contributed by atoms with Gasteiger partial charge in [-0.05, 0) is 18.2 Å². The van der Waals surface area contributed by atoms with Gasteiger partial charge in [0.2, 0.25) is 0 Å². The van der Waals surface area contributed by atoms with Gasteiger partial charge in [0.15, 0.2) is 10.9 Å². The third kappa shape index (κ3) is 5.02. The Kier molecular flexibility index (Phi) is 6.20. The van der Waals surface area contributed by atoms with Gasteiger partial charge in [-0.2, -0.15) is 5.10 Å². The lowest BCUT2D eigenvalue weighted by molar-refractivity contribution is -0.385. The highest BCUT2D eigenvalue weighted by Gasteiger charge is 2.14. The van der Waals surface area contributed by atoms with E-state index in [0.29, 0.717) is 10.7 Å². The fourth-order valence-corrected chi connectivity index (χ4v) is 2.23. The van der Waals surface area contributed by atoms with Crippen LogP contribution in [0, 0.1) is 10.1 Å². The van der Waals surface area contributed by atoms with E-state index >= 15 is 0 Å². The summed E-state index contributed by atoms with van der Waals surface area (Å²) in [4.78, 5) is 30.0. The number of carbonyl (C=O) groups is 1. The molecule has 0 radical (unpaired) electrons. The molecule has 9 nitrogen and oxygen atoms in total.